The second-order valence-corrected chi connectivity index (χ2v) is 21.1. The summed E-state index contributed by atoms with van der Waals surface area (Å²) in [5, 5.41) is 231. The fourth-order valence-electron chi connectivity index (χ4n) is 10.6. The van der Waals surface area contributed by atoms with Crippen molar-refractivity contribution in [3.05, 3.63) is 0 Å². The van der Waals surface area contributed by atoms with Crippen LogP contribution in [0.2, 0.25) is 0 Å². The number of aliphatic hydroxyl groups is 21. The highest BCUT2D eigenvalue weighted by Crippen LogP contribution is 2.37. The zero-order valence-corrected chi connectivity index (χ0v) is 44.7. The number of rotatable bonds is 21. The average Bonchev–Trinajstić information content (AvgIpc) is 1.85. The molecule has 38 heteroatoms. The number of amides is 2. The van der Waals surface area contributed by atoms with Crippen LogP contribution in [0.3, 0.4) is 0 Å². The molecule has 7 fully saturated rings. The van der Waals surface area contributed by atoms with Gasteiger partial charge in [0.15, 0.2) is 44.0 Å². The third kappa shape index (κ3) is 14.9. The largest absolute Gasteiger partial charge is 0.394 e. The molecule has 0 aromatic rings. The van der Waals surface area contributed by atoms with Crippen molar-refractivity contribution in [1.82, 2.24) is 10.6 Å². The van der Waals surface area contributed by atoms with E-state index in [0.717, 1.165) is 13.8 Å². The van der Waals surface area contributed by atoms with Crippen LogP contribution in [0.1, 0.15) is 13.8 Å². The van der Waals surface area contributed by atoms with Crippen LogP contribution in [0.4, 0.5) is 0 Å². The van der Waals surface area contributed by atoms with E-state index >= 15 is 0 Å². The van der Waals surface area contributed by atoms with Gasteiger partial charge in [0.2, 0.25) is 11.8 Å². The maximum absolute atomic E-state index is 12.7. The standard InChI is InChI=1S/C46H78N2O36/c1-10(54)47-19-26(61)36(15(6-52)74-40(19)71)81-41-20(48-11(2)55)27(62)37(16(7-53)78-41)82-46-35(70)39(84-45-33(68)30(65)23(58)14(5-51)77-45)25(60)18(80-46)9-73-43-34(69)38(83-44-32(67)29(64)22(57)13(4-50)76-44)24(59)17(79-43)8-72-42-31(66)28(63)21(56)12(3-49)75-42/h12-46,49-53,56-71H,3-9H2,1-2H3,(H,47,54)(H,48,55)/t12-,13-,14-,15-,16-,17-,18-,19-,20-,21-,22-,23-,24-,25-,26-,27-,28+,29+,30+,31+,32+,33+,34+,35+,36-,37-,38+,39+,40-,41+,42-,43+,44+,45-,46+/m1/s1. The molecule has 0 radical (unpaired) electrons. The predicted octanol–water partition coefficient (Wildman–Crippen LogP) is -16.0. The first-order valence-corrected chi connectivity index (χ1v) is 26.6. The van der Waals surface area contributed by atoms with E-state index < -0.39 is 273 Å². The lowest BCUT2D eigenvalue weighted by atomic mass is 9.94. The molecule has 7 saturated heterocycles. The summed E-state index contributed by atoms with van der Waals surface area (Å²) >= 11 is 0. The number of ether oxygens (including phenoxy) is 13. The Morgan fingerprint density at radius 2 is 0.607 bits per heavy atom. The van der Waals surface area contributed by atoms with Gasteiger partial charge in [-0.2, -0.15) is 0 Å². The number of hydrogen-bond donors (Lipinski definition) is 23. The molecule has 7 rings (SSSR count). The number of carbonyl (C=O) groups is 2. The van der Waals surface area contributed by atoms with Gasteiger partial charge in [-0.25, -0.2) is 0 Å². The fourth-order valence-corrected chi connectivity index (χ4v) is 10.6. The van der Waals surface area contributed by atoms with Crippen LogP contribution < -0.4 is 10.6 Å². The summed E-state index contributed by atoms with van der Waals surface area (Å²) in [5.41, 5.74) is 0. The molecule has 0 aromatic heterocycles. The second kappa shape index (κ2) is 29.9. The summed E-state index contributed by atoms with van der Waals surface area (Å²) in [5.74, 6) is -1.61. The molecule has 23 N–H and O–H groups in total. The molecule has 0 bridgehead atoms. The normalized spacial score (nSPS) is 50.3. The highest BCUT2D eigenvalue weighted by molar-refractivity contribution is 5.73. The van der Waals surface area contributed by atoms with Crippen LogP contribution in [0.5, 0.6) is 0 Å². The lowest BCUT2D eigenvalue weighted by molar-refractivity contribution is -0.387. The minimum absolute atomic E-state index is 0.738. The molecule has 35 atom stereocenters. The molecule has 0 aromatic carbocycles. The molecule has 38 nitrogen and oxygen atoms in total. The molecule has 0 saturated carbocycles. The van der Waals surface area contributed by atoms with Gasteiger partial charge >= 0.3 is 0 Å². The summed E-state index contributed by atoms with van der Waals surface area (Å²) in [6.45, 7) is -4.78. The SMILES string of the molecule is CC(=O)N[C@@H]1[C@@H](O)[C@H](O[C@@H]2O[C@H](CO)[C@@H](O[C@@H]3O[C@H](CO[C@H]4O[C@H](CO[C@@H]5O[C@H](CO)[C@@H](O)[C@H](O)[C@@H]5O)[C@@H](O)[C@H](O[C@@H]5O[C@H](CO)[C@@H](O)[C@H](O)[C@@H]5O)[C@@H]4O)[C@@H](O)[C@H](O[C@H]4O[C@H](CO)[C@@H](O)[C@H](O)[C@@H]4O)[C@@H]3O)[C@H](O)[C@H]2NC(C)=O)[C@@H](CO)O[C@H]1O. The van der Waals surface area contributed by atoms with Gasteiger partial charge in [0, 0.05) is 13.8 Å². The monoisotopic (exact) mass is 1230 g/mol. The van der Waals surface area contributed by atoms with Gasteiger partial charge in [-0.3, -0.25) is 9.59 Å². The van der Waals surface area contributed by atoms with Gasteiger partial charge in [-0.05, 0) is 0 Å². The van der Waals surface area contributed by atoms with Crippen molar-refractivity contribution in [3.63, 3.8) is 0 Å². The second-order valence-electron chi connectivity index (χ2n) is 21.1. The van der Waals surface area contributed by atoms with Crippen molar-refractivity contribution >= 4 is 11.8 Å². The third-order valence-electron chi connectivity index (χ3n) is 15.3. The van der Waals surface area contributed by atoms with Crippen molar-refractivity contribution in [2.24, 2.45) is 0 Å². The Kier molecular flexibility index (Phi) is 24.6. The molecule has 7 aliphatic heterocycles. The maximum Gasteiger partial charge on any atom is 0.217 e. The Labute approximate surface area is 475 Å². The summed E-state index contributed by atoms with van der Waals surface area (Å²) in [7, 11) is 0. The molecule has 2 amide bonds. The predicted molar refractivity (Wildman–Crippen MR) is 255 cm³/mol. The zero-order chi connectivity index (χ0) is 61.9. The summed E-state index contributed by atoms with van der Waals surface area (Å²) in [4.78, 5) is 24.6. The molecule has 84 heavy (non-hydrogen) atoms. The molecule has 7 aliphatic rings. The van der Waals surface area contributed by atoms with Crippen molar-refractivity contribution in [2.45, 2.75) is 229 Å². The number of aliphatic hydroxyl groups excluding tert-OH is 21. The summed E-state index contributed by atoms with van der Waals surface area (Å²) in [6.07, 6.45) is -65.1. The van der Waals surface area contributed by atoms with Crippen LogP contribution in [-0.4, -0.2) is 380 Å². The van der Waals surface area contributed by atoms with E-state index in [2.05, 4.69) is 10.6 Å². The summed E-state index contributed by atoms with van der Waals surface area (Å²) < 4.78 is 74.3. The minimum atomic E-state index is -2.34. The van der Waals surface area contributed by atoms with Crippen LogP contribution in [-0.2, 0) is 71.2 Å². The highest BCUT2D eigenvalue weighted by atomic mass is 16.8. The first-order chi connectivity index (χ1) is 39.7. The van der Waals surface area contributed by atoms with E-state index in [-0.39, 0.29) is 0 Å². The van der Waals surface area contributed by atoms with Crippen molar-refractivity contribution in [3.8, 4) is 0 Å². The van der Waals surface area contributed by atoms with Gasteiger partial charge in [-0.1, -0.05) is 0 Å². The molecular formula is C46H78N2O36. The van der Waals surface area contributed by atoms with E-state index in [0.29, 0.717) is 0 Å². The lowest BCUT2D eigenvalue weighted by Crippen LogP contribution is -2.70. The van der Waals surface area contributed by atoms with Gasteiger partial charge in [0.25, 0.3) is 0 Å². The van der Waals surface area contributed by atoms with E-state index in [1.54, 1.807) is 0 Å². The quantitative estimate of drug-likeness (QED) is 0.0507. The van der Waals surface area contributed by atoms with Gasteiger partial charge in [0.05, 0.1) is 46.2 Å². The Hall–Kier alpha value is -2.42. The molecule has 7 heterocycles. The first kappa shape index (κ1) is 69.1. The third-order valence-corrected chi connectivity index (χ3v) is 15.3. The number of carbonyl (C=O) groups excluding carboxylic acids is 2. The topological polar surface area (TPSA) is 603 Å². The maximum atomic E-state index is 12.7. The molecule has 0 unspecified atom stereocenters. The van der Waals surface area contributed by atoms with Crippen LogP contribution in [0.15, 0.2) is 0 Å². The van der Waals surface area contributed by atoms with Crippen LogP contribution >= 0.6 is 0 Å². The Bertz CT molecular complexity index is 2060. The van der Waals surface area contributed by atoms with Crippen LogP contribution in [0.25, 0.3) is 0 Å². The first-order valence-electron chi connectivity index (χ1n) is 26.6. The highest BCUT2D eigenvalue weighted by Gasteiger charge is 2.58. The minimum Gasteiger partial charge on any atom is -0.394 e. The van der Waals surface area contributed by atoms with E-state index in [9.17, 15) is 117 Å². The Morgan fingerprint density at radius 1 is 0.310 bits per heavy atom. The van der Waals surface area contributed by atoms with Crippen molar-refractivity contribution in [1.29, 1.82) is 0 Å². The zero-order valence-electron chi connectivity index (χ0n) is 44.7. The van der Waals surface area contributed by atoms with E-state index in [1.165, 1.54) is 0 Å². The molecule has 488 valence electrons. The lowest BCUT2D eigenvalue weighted by Gasteiger charge is -2.50. The average molecular weight is 1240 g/mol. The molecular weight excluding hydrogens is 1160 g/mol. The fraction of sp³-hybridized carbons (Fsp3) is 0.957. The van der Waals surface area contributed by atoms with E-state index in [1.807, 2.05) is 0 Å². The smallest absolute Gasteiger partial charge is 0.217 e. The Morgan fingerprint density at radius 3 is 1.04 bits per heavy atom. The molecule has 0 spiro atoms. The van der Waals surface area contributed by atoms with Gasteiger partial charge < -0.3 is 179 Å². The van der Waals surface area contributed by atoms with Crippen molar-refractivity contribution in [2.75, 3.05) is 46.2 Å². The van der Waals surface area contributed by atoms with E-state index in [4.69, 9.17) is 61.6 Å². The van der Waals surface area contributed by atoms with Gasteiger partial charge in [-0.15, -0.1) is 0 Å². The van der Waals surface area contributed by atoms with Crippen LogP contribution in [0, 0.1) is 0 Å². The summed E-state index contributed by atoms with van der Waals surface area (Å²) in [6, 6.07) is -3.37. The molecule has 0 aliphatic carbocycles. The van der Waals surface area contributed by atoms with Crippen molar-refractivity contribution < 1.29 is 178 Å². The number of hydrogen-bond acceptors (Lipinski definition) is 36. The number of nitrogens with one attached hydrogen (secondary N) is 2. The Balaban J connectivity index is 1.17. The van der Waals surface area contributed by atoms with Gasteiger partial charge in [0.1, 0.15) is 171 Å².